The van der Waals surface area contributed by atoms with Crippen molar-refractivity contribution >= 4 is 5.91 Å². The minimum absolute atomic E-state index is 0.258. The van der Waals surface area contributed by atoms with Gasteiger partial charge in [-0.15, -0.1) is 0 Å². The summed E-state index contributed by atoms with van der Waals surface area (Å²) in [5.41, 5.74) is 0. The third-order valence-corrected chi connectivity index (χ3v) is 2.36. The number of nitrogens with zero attached hydrogens (tertiary/aromatic N) is 2. The van der Waals surface area contributed by atoms with E-state index < -0.39 is 0 Å². The monoisotopic (exact) mass is 156 g/mol. The van der Waals surface area contributed by atoms with E-state index in [2.05, 4.69) is 11.8 Å². The van der Waals surface area contributed by atoms with E-state index in [0.29, 0.717) is 12.6 Å². The van der Waals surface area contributed by atoms with Gasteiger partial charge in [0.05, 0.1) is 6.54 Å². The first-order chi connectivity index (χ1) is 5.15. The molecule has 1 saturated heterocycles. The summed E-state index contributed by atoms with van der Waals surface area (Å²) in [6, 6.07) is 0.507. The van der Waals surface area contributed by atoms with Gasteiger partial charge in [0.15, 0.2) is 0 Å². The average Bonchev–Trinajstić information content (AvgIpc) is 1.97. The molecule has 3 heteroatoms. The summed E-state index contributed by atoms with van der Waals surface area (Å²) < 4.78 is 0. The fourth-order valence-electron chi connectivity index (χ4n) is 1.33. The lowest BCUT2D eigenvalue weighted by atomic mass is 10.2. The summed E-state index contributed by atoms with van der Waals surface area (Å²) in [5.74, 6) is 0.258. The van der Waals surface area contributed by atoms with Crippen LogP contribution in [0.4, 0.5) is 0 Å². The highest BCUT2D eigenvalue weighted by molar-refractivity contribution is 5.79. The summed E-state index contributed by atoms with van der Waals surface area (Å²) in [4.78, 5) is 15.3. The smallest absolute Gasteiger partial charge is 0.236 e. The van der Waals surface area contributed by atoms with Crippen LogP contribution in [0.1, 0.15) is 13.8 Å². The third-order valence-electron chi connectivity index (χ3n) is 2.36. The highest BCUT2D eigenvalue weighted by atomic mass is 16.2. The van der Waals surface area contributed by atoms with Crippen LogP contribution in [0.25, 0.3) is 0 Å². The largest absolute Gasteiger partial charge is 0.340 e. The molecule has 1 amide bonds. The quantitative estimate of drug-likeness (QED) is 0.540. The van der Waals surface area contributed by atoms with Crippen molar-refractivity contribution in [3.05, 3.63) is 0 Å². The van der Waals surface area contributed by atoms with Crippen LogP contribution in [0, 0.1) is 0 Å². The zero-order valence-electron chi connectivity index (χ0n) is 7.50. The minimum Gasteiger partial charge on any atom is -0.340 e. The molecular formula is C8H16N2O. The normalized spacial score (nSPS) is 27.7. The van der Waals surface area contributed by atoms with Crippen LogP contribution in [0.3, 0.4) is 0 Å². The maximum atomic E-state index is 11.3. The average molecular weight is 156 g/mol. The molecule has 1 unspecified atom stereocenters. The van der Waals surface area contributed by atoms with Gasteiger partial charge in [-0.05, 0) is 20.9 Å². The van der Waals surface area contributed by atoms with E-state index in [-0.39, 0.29) is 5.91 Å². The number of piperazine rings is 1. The molecule has 1 heterocycles. The van der Waals surface area contributed by atoms with Gasteiger partial charge in [-0.2, -0.15) is 0 Å². The van der Waals surface area contributed by atoms with E-state index in [1.54, 1.807) is 0 Å². The molecule has 1 atom stereocenters. The van der Waals surface area contributed by atoms with Gasteiger partial charge < -0.3 is 4.90 Å². The number of hydrogen-bond donors (Lipinski definition) is 0. The maximum absolute atomic E-state index is 11.3. The van der Waals surface area contributed by atoms with Crippen LogP contribution in [0.2, 0.25) is 0 Å². The summed E-state index contributed by atoms with van der Waals surface area (Å²) >= 11 is 0. The number of rotatable bonds is 1. The van der Waals surface area contributed by atoms with Gasteiger partial charge in [0, 0.05) is 19.1 Å². The van der Waals surface area contributed by atoms with Crippen molar-refractivity contribution in [1.29, 1.82) is 0 Å². The molecular weight excluding hydrogens is 140 g/mol. The van der Waals surface area contributed by atoms with Gasteiger partial charge in [-0.1, -0.05) is 0 Å². The molecule has 0 aliphatic carbocycles. The Labute approximate surface area is 68.0 Å². The predicted molar refractivity (Wildman–Crippen MR) is 44.3 cm³/mol. The lowest BCUT2D eigenvalue weighted by Crippen LogP contribution is -2.53. The molecule has 0 aromatic carbocycles. The topological polar surface area (TPSA) is 23.6 Å². The molecule has 1 aliphatic heterocycles. The van der Waals surface area contributed by atoms with E-state index in [9.17, 15) is 4.79 Å². The van der Waals surface area contributed by atoms with Crippen LogP contribution in [-0.4, -0.2) is 48.4 Å². The Morgan fingerprint density at radius 1 is 1.64 bits per heavy atom. The second-order valence-electron chi connectivity index (χ2n) is 3.20. The molecule has 1 aliphatic rings. The maximum Gasteiger partial charge on any atom is 0.236 e. The Balaban J connectivity index is 2.55. The number of likely N-dealkylation sites (N-methyl/N-ethyl adjacent to an activating group) is 2. The van der Waals surface area contributed by atoms with E-state index >= 15 is 0 Å². The highest BCUT2D eigenvalue weighted by Crippen LogP contribution is 2.06. The van der Waals surface area contributed by atoms with Crippen molar-refractivity contribution < 1.29 is 4.79 Å². The molecule has 0 aromatic heterocycles. The Morgan fingerprint density at radius 2 is 2.27 bits per heavy atom. The van der Waals surface area contributed by atoms with Crippen LogP contribution in [-0.2, 0) is 4.79 Å². The Hall–Kier alpha value is -0.570. The van der Waals surface area contributed by atoms with Crippen LogP contribution < -0.4 is 0 Å². The van der Waals surface area contributed by atoms with Crippen LogP contribution in [0.15, 0.2) is 0 Å². The molecule has 0 saturated carbocycles. The second-order valence-corrected chi connectivity index (χ2v) is 3.20. The van der Waals surface area contributed by atoms with Crippen molar-refractivity contribution in [2.45, 2.75) is 19.9 Å². The lowest BCUT2D eigenvalue weighted by molar-refractivity contribution is -0.137. The Kier molecular flexibility index (Phi) is 2.49. The van der Waals surface area contributed by atoms with E-state index in [1.165, 1.54) is 0 Å². The van der Waals surface area contributed by atoms with Crippen LogP contribution in [0.5, 0.6) is 0 Å². The van der Waals surface area contributed by atoms with Gasteiger partial charge in [-0.25, -0.2) is 0 Å². The van der Waals surface area contributed by atoms with E-state index in [4.69, 9.17) is 0 Å². The molecule has 0 spiro atoms. The highest BCUT2D eigenvalue weighted by Gasteiger charge is 2.25. The van der Waals surface area contributed by atoms with Crippen LogP contribution >= 0.6 is 0 Å². The van der Waals surface area contributed by atoms with Gasteiger partial charge >= 0.3 is 0 Å². The molecule has 0 aromatic rings. The zero-order chi connectivity index (χ0) is 8.43. The summed E-state index contributed by atoms with van der Waals surface area (Å²) in [6.45, 7) is 6.48. The molecule has 0 bridgehead atoms. The predicted octanol–water partition coefficient (Wildman–Crippen LogP) is 0.169. The van der Waals surface area contributed by atoms with Crippen molar-refractivity contribution in [3.8, 4) is 0 Å². The summed E-state index contributed by atoms with van der Waals surface area (Å²) in [6.07, 6.45) is 0. The van der Waals surface area contributed by atoms with Gasteiger partial charge in [0.2, 0.25) is 5.91 Å². The summed E-state index contributed by atoms with van der Waals surface area (Å²) in [5, 5.41) is 0. The first-order valence-corrected chi connectivity index (χ1v) is 4.13. The molecule has 64 valence electrons. The lowest BCUT2D eigenvalue weighted by Gasteiger charge is -2.36. The van der Waals surface area contributed by atoms with E-state index in [0.717, 1.165) is 13.1 Å². The van der Waals surface area contributed by atoms with Crippen molar-refractivity contribution in [3.63, 3.8) is 0 Å². The third kappa shape index (κ3) is 1.71. The zero-order valence-corrected chi connectivity index (χ0v) is 7.50. The molecule has 11 heavy (non-hydrogen) atoms. The van der Waals surface area contributed by atoms with Gasteiger partial charge in [0.25, 0.3) is 0 Å². The molecule has 1 fully saturated rings. The number of carbonyl (C=O) groups is 1. The Morgan fingerprint density at radius 3 is 2.82 bits per heavy atom. The number of amides is 1. The molecule has 1 rings (SSSR count). The van der Waals surface area contributed by atoms with Gasteiger partial charge in [0.1, 0.15) is 0 Å². The fourth-order valence-corrected chi connectivity index (χ4v) is 1.33. The van der Waals surface area contributed by atoms with Gasteiger partial charge in [-0.3, -0.25) is 9.69 Å². The van der Waals surface area contributed by atoms with E-state index in [1.807, 2.05) is 18.9 Å². The number of hydrogen-bond acceptors (Lipinski definition) is 2. The first kappa shape index (κ1) is 8.53. The molecule has 0 radical (unpaired) electrons. The van der Waals surface area contributed by atoms with Crippen molar-refractivity contribution in [1.82, 2.24) is 9.80 Å². The number of carbonyl (C=O) groups excluding carboxylic acids is 1. The standard InChI is InChI=1S/C8H16N2O/c1-4-10-5-7(2)9(3)6-8(10)11/h7H,4-6H2,1-3H3. The second kappa shape index (κ2) is 3.22. The minimum atomic E-state index is 0.258. The fraction of sp³-hybridized carbons (Fsp3) is 0.875. The Bertz CT molecular complexity index is 158. The summed E-state index contributed by atoms with van der Waals surface area (Å²) in [7, 11) is 2.00. The first-order valence-electron chi connectivity index (χ1n) is 4.13. The SMILES string of the molecule is CCN1CC(C)N(C)CC1=O. The van der Waals surface area contributed by atoms with Crippen molar-refractivity contribution in [2.24, 2.45) is 0 Å². The molecule has 0 N–H and O–H groups in total. The molecule has 3 nitrogen and oxygen atoms in total. The van der Waals surface area contributed by atoms with Crippen molar-refractivity contribution in [2.75, 3.05) is 26.7 Å².